The third-order valence-corrected chi connectivity index (χ3v) is 3.86. The number of ether oxygens (including phenoxy) is 1. The lowest BCUT2D eigenvalue weighted by atomic mass is 10.2. The second kappa shape index (κ2) is 10.9. The van der Waals surface area contributed by atoms with Crippen LogP contribution in [0.4, 0.5) is 8.78 Å². The standard InChI is InChI=1S/C19H24F2N4O3/c1-13-8-11-27-16(13)17(26)23-9-5-10-24-19(22-2)25-12-14-6-3-4-7-15(14)28-18(20)21/h3-4,6-8,11,18H,5,9-10,12H2,1-2H3,(H,23,26)(H2,22,24,25). The van der Waals surface area contributed by atoms with Gasteiger partial charge in [0, 0.05) is 37.8 Å². The third-order valence-electron chi connectivity index (χ3n) is 3.86. The lowest BCUT2D eigenvalue weighted by Crippen LogP contribution is -2.38. The van der Waals surface area contributed by atoms with E-state index in [0.29, 0.717) is 36.8 Å². The van der Waals surface area contributed by atoms with E-state index in [1.54, 1.807) is 38.2 Å². The minimum absolute atomic E-state index is 0.122. The van der Waals surface area contributed by atoms with Crippen LogP contribution in [0.5, 0.6) is 5.75 Å². The van der Waals surface area contributed by atoms with Crippen LogP contribution in [0.1, 0.15) is 28.1 Å². The molecule has 0 aliphatic heterocycles. The van der Waals surface area contributed by atoms with Gasteiger partial charge < -0.3 is 25.1 Å². The maximum atomic E-state index is 12.5. The molecule has 9 heteroatoms. The highest BCUT2D eigenvalue weighted by molar-refractivity contribution is 5.92. The van der Waals surface area contributed by atoms with E-state index in [0.717, 1.165) is 5.56 Å². The number of para-hydroxylation sites is 1. The first-order chi connectivity index (χ1) is 13.5. The normalized spacial score (nSPS) is 11.4. The molecule has 152 valence electrons. The molecule has 2 aromatic rings. The van der Waals surface area contributed by atoms with Gasteiger partial charge in [0.25, 0.3) is 5.91 Å². The lowest BCUT2D eigenvalue weighted by molar-refractivity contribution is -0.0504. The number of guanidine groups is 1. The minimum atomic E-state index is -2.88. The predicted molar refractivity (Wildman–Crippen MR) is 102 cm³/mol. The Bertz CT molecular complexity index is 793. The fourth-order valence-electron chi connectivity index (χ4n) is 2.44. The summed E-state index contributed by atoms with van der Waals surface area (Å²) in [4.78, 5) is 16.0. The molecule has 0 unspecified atom stereocenters. The van der Waals surface area contributed by atoms with Crippen LogP contribution in [0.15, 0.2) is 46.0 Å². The van der Waals surface area contributed by atoms with Crippen LogP contribution in [0, 0.1) is 6.92 Å². The van der Waals surface area contributed by atoms with Crippen molar-refractivity contribution in [3.8, 4) is 5.75 Å². The number of carbonyl (C=O) groups is 1. The molecule has 0 aliphatic rings. The largest absolute Gasteiger partial charge is 0.459 e. The van der Waals surface area contributed by atoms with Gasteiger partial charge in [0.2, 0.25) is 0 Å². The number of carbonyl (C=O) groups excluding carboxylic acids is 1. The molecular weight excluding hydrogens is 370 g/mol. The zero-order valence-electron chi connectivity index (χ0n) is 15.8. The minimum Gasteiger partial charge on any atom is -0.459 e. The van der Waals surface area contributed by atoms with Crippen LogP contribution < -0.4 is 20.7 Å². The molecule has 0 fully saturated rings. The zero-order chi connectivity index (χ0) is 20.4. The summed E-state index contributed by atoms with van der Waals surface area (Å²) in [6.45, 7) is 0.232. The van der Waals surface area contributed by atoms with Crippen LogP contribution in [-0.4, -0.2) is 38.6 Å². The summed E-state index contributed by atoms with van der Waals surface area (Å²) in [6, 6.07) is 8.30. The Morgan fingerprint density at radius 3 is 2.61 bits per heavy atom. The fraction of sp³-hybridized carbons (Fsp3) is 0.368. The highest BCUT2D eigenvalue weighted by Crippen LogP contribution is 2.19. The first-order valence-electron chi connectivity index (χ1n) is 8.80. The number of nitrogens with one attached hydrogen (secondary N) is 3. The number of rotatable bonds is 9. The Morgan fingerprint density at radius 2 is 1.93 bits per heavy atom. The van der Waals surface area contributed by atoms with E-state index in [4.69, 9.17) is 4.42 Å². The van der Waals surface area contributed by atoms with Gasteiger partial charge in [-0.1, -0.05) is 18.2 Å². The van der Waals surface area contributed by atoms with E-state index in [-0.39, 0.29) is 18.2 Å². The number of aliphatic imine (C=N–C) groups is 1. The molecule has 0 saturated carbocycles. The third kappa shape index (κ3) is 6.57. The quantitative estimate of drug-likeness (QED) is 0.346. The second-order valence-electron chi connectivity index (χ2n) is 5.88. The zero-order valence-corrected chi connectivity index (χ0v) is 15.8. The van der Waals surface area contributed by atoms with Crippen molar-refractivity contribution in [3.05, 3.63) is 53.5 Å². The summed E-state index contributed by atoms with van der Waals surface area (Å²) in [6.07, 6.45) is 2.14. The van der Waals surface area contributed by atoms with Crippen molar-refractivity contribution < 1.29 is 22.7 Å². The van der Waals surface area contributed by atoms with Gasteiger partial charge in [0.05, 0.1) is 6.26 Å². The number of amides is 1. The molecule has 7 nitrogen and oxygen atoms in total. The molecule has 1 amide bonds. The van der Waals surface area contributed by atoms with E-state index < -0.39 is 6.61 Å². The van der Waals surface area contributed by atoms with Crippen LogP contribution in [0.2, 0.25) is 0 Å². The first-order valence-corrected chi connectivity index (χ1v) is 8.80. The van der Waals surface area contributed by atoms with E-state index in [1.165, 1.54) is 12.3 Å². The van der Waals surface area contributed by atoms with Gasteiger partial charge in [-0.2, -0.15) is 8.78 Å². The molecule has 0 atom stereocenters. The number of nitrogens with zero attached hydrogens (tertiary/aromatic N) is 1. The van der Waals surface area contributed by atoms with Gasteiger partial charge in [-0.3, -0.25) is 9.79 Å². The van der Waals surface area contributed by atoms with Crippen molar-refractivity contribution in [2.75, 3.05) is 20.1 Å². The Hall–Kier alpha value is -3.10. The summed E-state index contributed by atoms with van der Waals surface area (Å²) < 4.78 is 34.6. The maximum absolute atomic E-state index is 12.5. The molecule has 3 N–H and O–H groups in total. The van der Waals surface area contributed by atoms with Gasteiger partial charge in [0.15, 0.2) is 11.7 Å². The van der Waals surface area contributed by atoms with E-state index in [2.05, 4.69) is 25.7 Å². The van der Waals surface area contributed by atoms with Crippen molar-refractivity contribution in [2.45, 2.75) is 26.5 Å². The average Bonchev–Trinajstić information content (AvgIpc) is 3.10. The summed E-state index contributed by atoms with van der Waals surface area (Å²) in [5.74, 6) is 0.701. The van der Waals surface area contributed by atoms with Gasteiger partial charge in [-0.05, 0) is 25.5 Å². The summed E-state index contributed by atoms with van der Waals surface area (Å²) in [5.41, 5.74) is 1.38. The van der Waals surface area contributed by atoms with E-state index in [1.807, 2.05) is 0 Å². The summed E-state index contributed by atoms with van der Waals surface area (Å²) >= 11 is 0. The summed E-state index contributed by atoms with van der Waals surface area (Å²) in [7, 11) is 1.61. The van der Waals surface area contributed by atoms with Crippen LogP contribution >= 0.6 is 0 Å². The number of aryl methyl sites for hydroxylation is 1. The van der Waals surface area contributed by atoms with Crippen molar-refractivity contribution >= 4 is 11.9 Å². The van der Waals surface area contributed by atoms with Gasteiger partial charge in [-0.15, -0.1) is 0 Å². The van der Waals surface area contributed by atoms with Crippen LogP contribution in [0.3, 0.4) is 0 Å². The Kier molecular flexibility index (Phi) is 8.26. The number of hydrogen-bond acceptors (Lipinski definition) is 4. The molecule has 0 spiro atoms. The highest BCUT2D eigenvalue weighted by atomic mass is 19.3. The maximum Gasteiger partial charge on any atom is 0.387 e. The van der Waals surface area contributed by atoms with Crippen molar-refractivity contribution in [1.29, 1.82) is 0 Å². The van der Waals surface area contributed by atoms with E-state index in [9.17, 15) is 13.6 Å². The van der Waals surface area contributed by atoms with Gasteiger partial charge in [-0.25, -0.2) is 0 Å². The monoisotopic (exact) mass is 394 g/mol. The average molecular weight is 394 g/mol. The van der Waals surface area contributed by atoms with Crippen molar-refractivity contribution in [2.24, 2.45) is 4.99 Å². The Balaban J connectivity index is 1.71. The molecule has 1 heterocycles. The SMILES string of the molecule is CN=C(NCCCNC(=O)c1occc1C)NCc1ccccc1OC(F)F. The number of halogens is 2. The van der Waals surface area contributed by atoms with Crippen LogP contribution in [-0.2, 0) is 6.54 Å². The molecule has 1 aromatic heterocycles. The molecule has 0 bridgehead atoms. The van der Waals surface area contributed by atoms with Crippen molar-refractivity contribution in [3.63, 3.8) is 0 Å². The molecule has 2 rings (SSSR count). The Morgan fingerprint density at radius 1 is 1.18 bits per heavy atom. The lowest BCUT2D eigenvalue weighted by Gasteiger charge is -2.14. The molecule has 0 aliphatic carbocycles. The van der Waals surface area contributed by atoms with Gasteiger partial charge in [0.1, 0.15) is 5.75 Å². The highest BCUT2D eigenvalue weighted by Gasteiger charge is 2.12. The molecule has 0 radical (unpaired) electrons. The van der Waals surface area contributed by atoms with Gasteiger partial charge >= 0.3 is 6.61 Å². The number of furan rings is 1. The molecule has 0 saturated heterocycles. The van der Waals surface area contributed by atoms with Crippen molar-refractivity contribution in [1.82, 2.24) is 16.0 Å². The molecule has 28 heavy (non-hydrogen) atoms. The van der Waals surface area contributed by atoms with E-state index >= 15 is 0 Å². The smallest absolute Gasteiger partial charge is 0.387 e. The number of benzene rings is 1. The second-order valence-corrected chi connectivity index (χ2v) is 5.88. The summed E-state index contributed by atoms with van der Waals surface area (Å²) in [5, 5.41) is 8.92. The Labute approximate surface area is 162 Å². The number of hydrogen-bond donors (Lipinski definition) is 3. The predicted octanol–water partition coefficient (Wildman–Crippen LogP) is 2.67. The number of alkyl halides is 2. The fourth-order valence-corrected chi connectivity index (χ4v) is 2.44. The molecule has 1 aromatic carbocycles. The first kappa shape index (κ1) is 21.2. The molecular formula is C19H24F2N4O3. The van der Waals surface area contributed by atoms with Crippen LogP contribution in [0.25, 0.3) is 0 Å². The topological polar surface area (TPSA) is 87.9 Å².